The molecule has 0 atom stereocenters. The zero-order valence-corrected chi connectivity index (χ0v) is 10.1. The predicted molar refractivity (Wildman–Crippen MR) is 60.8 cm³/mol. The Bertz CT molecular complexity index is 385. The lowest BCUT2D eigenvalue weighted by Crippen LogP contribution is -2.05. The Balaban J connectivity index is 3.16. The van der Waals surface area contributed by atoms with Crippen LogP contribution in [-0.4, -0.2) is 12.4 Å². The molecule has 0 aliphatic carbocycles. The molecule has 0 radical (unpaired) electrons. The van der Waals surface area contributed by atoms with Crippen molar-refractivity contribution < 1.29 is 17.9 Å². The summed E-state index contributed by atoms with van der Waals surface area (Å²) in [7, 11) is 1.42. The summed E-state index contributed by atoms with van der Waals surface area (Å²) < 4.78 is 42.3. The molecule has 88 valence electrons. The molecule has 0 aliphatic rings. The van der Waals surface area contributed by atoms with Gasteiger partial charge in [0.05, 0.1) is 12.7 Å². The Kier molecular flexibility index (Phi) is 4.41. The van der Waals surface area contributed by atoms with Crippen molar-refractivity contribution >= 4 is 22.0 Å². The highest BCUT2D eigenvalue weighted by molar-refractivity contribution is 9.09. The summed E-state index contributed by atoms with van der Waals surface area (Å²) in [5.41, 5.74) is -0.265. The van der Waals surface area contributed by atoms with Crippen LogP contribution in [0.1, 0.15) is 11.1 Å². The Morgan fingerprint density at radius 1 is 1.38 bits per heavy atom. The fourth-order valence-electron chi connectivity index (χ4n) is 1.21. The van der Waals surface area contributed by atoms with Crippen LogP contribution in [0.3, 0.4) is 0 Å². The average molecular weight is 295 g/mol. The number of hydrogen-bond donors (Lipinski definition) is 0. The minimum Gasteiger partial charge on any atom is -0.496 e. The number of hydrogen-bond acceptors (Lipinski definition) is 1. The van der Waals surface area contributed by atoms with Gasteiger partial charge in [-0.2, -0.15) is 13.2 Å². The highest BCUT2D eigenvalue weighted by Gasteiger charge is 2.30. The number of methoxy groups -OCH3 is 1. The van der Waals surface area contributed by atoms with E-state index in [2.05, 4.69) is 15.9 Å². The van der Waals surface area contributed by atoms with Gasteiger partial charge in [0, 0.05) is 10.9 Å². The first-order valence-corrected chi connectivity index (χ1v) is 5.59. The van der Waals surface area contributed by atoms with E-state index in [0.717, 1.165) is 12.1 Å². The summed E-state index contributed by atoms with van der Waals surface area (Å²) in [6.45, 7) is 0. The van der Waals surface area contributed by atoms with E-state index in [9.17, 15) is 13.2 Å². The average Bonchev–Trinajstić information content (AvgIpc) is 2.24. The van der Waals surface area contributed by atoms with Crippen LogP contribution in [0, 0.1) is 0 Å². The van der Waals surface area contributed by atoms with Crippen LogP contribution in [-0.2, 0) is 6.18 Å². The zero-order valence-electron chi connectivity index (χ0n) is 8.51. The highest BCUT2D eigenvalue weighted by atomic mass is 79.9. The first-order valence-electron chi connectivity index (χ1n) is 4.46. The topological polar surface area (TPSA) is 9.23 Å². The molecular formula is C11H10BrF3O. The third kappa shape index (κ3) is 3.27. The van der Waals surface area contributed by atoms with Crippen molar-refractivity contribution in [3.05, 3.63) is 35.4 Å². The fourth-order valence-corrected chi connectivity index (χ4v) is 1.40. The molecule has 0 unspecified atom stereocenters. The third-order valence-corrected chi connectivity index (χ3v) is 2.32. The van der Waals surface area contributed by atoms with Crippen LogP contribution in [0.5, 0.6) is 5.75 Å². The molecule has 1 nitrogen and oxygen atoms in total. The lowest BCUT2D eigenvalue weighted by molar-refractivity contribution is -0.137. The van der Waals surface area contributed by atoms with E-state index in [1.165, 1.54) is 13.2 Å². The minimum atomic E-state index is -4.33. The maximum Gasteiger partial charge on any atom is 0.416 e. The number of halogens is 4. The number of rotatable bonds is 3. The first kappa shape index (κ1) is 13.1. The summed E-state index contributed by atoms with van der Waals surface area (Å²) in [6.07, 6.45) is -1.04. The number of ether oxygens (including phenoxy) is 1. The second-order valence-corrected chi connectivity index (χ2v) is 3.66. The van der Waals surface area contributed by atoms with E-state index in [4.69, 9.17) is 4.74 Å². The second kappa shape index (κ2) is 5.39. The van der Waals surface area contributed by atoms with Crippen LogP contribution >= 0.6 is 15.9 Å². The maximum absolute atomic E-state index is 12.5. The molecule has 0 bridgehead atoms. The molecule has 16 heavy (non-hydrogen) atoms. The van der Waals surface area contributed by atoms with Crippen LogP contribution in [0.25, 0.3) is 6.08 Å². The van der Waals surface area contributed by atoms with Gasteiger partial charge in [0.25, 0.3) is 0 Å². The normalized spacial score (nSPS) is 12.1. The molecular weight excluding hydrogens is 285 g/mol. The van der Waals surface area contributed by atoms with Gasteiger partial charge in [0.2, 0.25) is 0 Å². The molecule has 1 rings (SSSR count). The minimum absolute atomic E-state index is 0.414. The smallest absolute Gasteiger partial charge is 0.416 e. The fraction of sp³-hybridized carbons (Fsp3) is 0.273. The van der Waals surface area contributed by atoms with E-state index in [1.54, 1.807) is 12.2 Å². The van der Waals surface area contributed by atoms with E-state index in [0.29, 0.717) is 16.6 Å². The number of alkyl halides is 4. The van der Waals surface area contributed by atoms with Crippen molar-refractivity contribution in [3.63, 3.8) is 0 Å². The van der Waals surface area contributed by atoms with Gasteiger partial charge in [-0.3, -0.25) is 0 Å². The summed E-state index contributed by atoms with van der Waals surface area (Å²) in [6, 6.07) is 3.39. The van der Waals surface area contributed by atoms with Gasteiger partial charge in [-0.15, -0.1) is 0 Å². The standard InChI is InChI=1S/C11H10BrF3O/c1-16-10-5-4-9(11(13,14)15)7-8(10)3-2-6-12/h2-5,7H,6H2,1H3. The van der Waals surface area contributed by atoms with Crippen LogP contribution < -0.4 is 4.74 Å². The molecule has 0 saturated carbocycles. The monoisotopic (exact) mass is 294 g/mol. The molecule has 1 aromatic rings. The molecule has 1 aromatic carbocycles. The van der Waals surface area contributed by atoms with Gasteiger partial charge in [-0.05, 0) is 18.2 Å². The van der Waals surface area contributed by atoms with Gasteiger partial charge < -0.3 is 4.74 Å². The lowest BCUT2D eigenvalue weighted by atomic mass is 10.1. The maximum atomic E-state index is 12.5. The Morgan fingerprint density at radius 3 is 2.56 bits per heavy atom. The van der Waals surface area contributed by atoms with Crippen molar-refractivity contribution in [2.75, 3.05) is 12.4 Å². The molecule has 0 N–H and O–H groups in total. The van der Waals surface area contributed by atoms with Crippen LogP contribution in [0.4, 0.5) is 13.2 Å². The van der Waals surface area contributed by atoms with Crippen molar-refractivity contribution in [1.82, 2.24) is 0 Å². The van der Waals surface area contributed by atoms with Crippen LogP contribution in [0.15, 0.2) is 24.3 Å². The van der Waals surface area contributed by atoms with E-state index in [1.807, 2.05) is 0 Å². The van der Waals surface area contributed by atoms with Crippen molar-refractivity contribution in [2.45, 2.75) is 6.18 Å². The van der Waals surface area contributed by atoms with Gasteiger partial charge >= 0.3 is 6.18 Å². The third-order valence-electron chi connectivity index (χ3n) is 1.94. The second-order valence-electron chi connectivity index (χ2n) is 3.01. The van der Waals surface area contributed by atoms with E-state index in [-0.39, 0.29) is 0 Å². The van der Waals surface area contributed by atoms with Crippen LogP contribution in [0.2, 0.25) is 0 Å². The molecule has 0 spiro atoms. The largest absolute Gasteiger partial charge is 0.496 e. The lowest BCUT2D eigenvalue weighted by Gasteiger charge is -2.10. The van der Waals surface area contributed by atoms with Gasteiger partial charge in [0.15, 0.2) is 0 Å². The molecule has 0 aliphatic heterocycles. The van der Waals surface area contributed by atoms with E-state index >= 15 is 0 Å². The highest BCUT2D eigenvalue weighted by Crippen LogP contribution is 2.32. The zero-order chi connectivity index (χ0) is 12.2. The number of benzene rings is 1. The molecule has 5 heteroatoms. The quantitative estimate of drug-likeness (QED) is 0.762. The Morgan fingerprint density at radius 2 is 2.06 bits per heavy atom. The van der Waals surface area contributed by atoms with Gasteiger partial charge in [-0.25, -0.2) is 0 Å². The van der Waals surface area contributed by atoms with Crippen molar-refractivity contribution in [3.8, 4) is 5.75 Å². The first-order chi connectivity index (χ1) is 7.49. The summed E-state index contributed by atoms with van der Waals surface area (Å²) in [4.78, 5) is 0. The molecule has 0 heterocycles. The molecule has 0 fully saturated rings. The predicted octanol–water partition coefficient (Wildman–Crippen LogP) is 4.12. The molecule has 0 amide bonds. The molecule has 0 saturated heterocycles. The summed E-state index contributed by atoms with van der Waals surface area (Å²) in [5.74, 6) is 0.421. The Hall–Kier alpha value is -0.970. The van der Waals surface area contributed by atoms with Crippen molar-refractivity contribution in [1.29, 1.82) is 0 Å². The van der Waals surface area contributed by atoms with Crippen molar-refractivity contribution in [2.24, 2.45) is 0 Å². The Labute approximate surface area is 100 Å². The summed E-state index contributed by atoms with van der Waals surface area (Å²) >= 11 is 3.16. The van der Waals surface area contributed by atoms with Gasteiger partial charge in [-0.1, -0.05) is 28.1 Å². The summed E-state index contributed by atoms with van der Waals surface area (Å²) in [5, 5.41) is 0.576. The molecule has 0 aromatic heterocycles. The van der Waals surface area contributed by atoms with Gasteiger partial charge in [0.1, 0.15) is 5.75 Å². The SMILES string of the molecule is COc1ccc(C(F)(F)F)cc1C=CCBr. The number of allylic oxidation sites excluding steroid dienone is 1. The van der Waals surface area contributed by atoms with E-state index < -0.39 is 11.7 Å².